The number of imidazole rings is 1. The maximum atomic E-state index is 14.0. The van der Waals surface area contributed by atoms with E-state index in [4.69, 9.17) is 0 Å². The topological polar surface area (TPSA) is 59.2 Å². The van der Waals surface area contributed by atoms with Crippen LogP contribution in [0.2, 0.25) is 0 Å². The van der Waals surface area contributed by atoms with E-state index >= 15 is 0 Å². The molecule has 5 nitrogen and oxygen atoms in total. The highest BCUT2D eigenvalue weighted by atomic mass is 19.1. The number of likely N-dealkylation sites (N-methyl/N-ethyl adjacent to an activating group) is 1. The first-order valence-electron chi connectivity index (χ1n) is 9.31. The van der Waals surface area contributed by atoms with E-state index in [0.29, 0.717) is 24.1 Å². The van der Waals surface area contributed by atoms with Gasteiger partial charge in [0.1, 0.15) is 5.82 Å². The number of halogens is 1. The Bertz CT molecular complexity index is 963. The van der Waals surface area contributed by atoms with Gasteiger partial charge < -0.3 is 10.4 Å². The molecule has 2 atom stereocenters. The van der Waals surface area contributed by atoms with Crippen molar-refractivity contribution < 1.29 is 9.50 Å². The number of rotatable bonds is 7. The van der Waals surface area contributed by atoms with Crippen LogP contribution in [0.3, 0.4) is 0 Å². The van der Waals surface area contributed by atoms with Crippen LogP contribution in [0.1, 0.15) is 38.4 Å². The summed E-state index contributed by atoms with van der Waals surface area (Å²) in [5.41, 5.74) is 1.69. The summed E-state index contributed by atoms with van der Waals surface area (Å²) in [5, 5.41) is 14.1. The van der Waals surface area contributed by atoms with E-state index in [2.05, 4.69) is 5.32 Å². The Morgan fingerprint density at radius 1 is 1.07 bits per heavy atom. The van der Waals surface area contributed by atoms with Gasteiger partial charge in [0.15, 0.2) is 0 Å². The van der Waals surface area contributed by atoms with Crippen LogP contribution < -0.4 is 11.0 Å². The smallest absolute Gasteiger partial charge is 0.330 e. The predicted molar refractivity (Wildman–Crippen MR) is 106 cm³/mol. The maximum Gasteiger partial charge on any atom is 0.330 e. The predicted octanol–water partition coefficient (Wildman–Crippen LogP) is 3.08. The van der Waals surface area contributed by atoms with Crippen LogP contribution >= 0.6 is 0 Å². The van der Waals surface area contributed by atoms with E-state index in [1.807, 2.05) is 51.1 Å². The zero-order chi connectivity index (χ0) is 19.6. The fourth-order valence-electron chi connectivity index (χ4n) is 3.58. The van der Waals surface area contributed by atoms with Gasteiger partial charge in [-0.25, -0.2) is 9.18 Å². The van der Waals surface area contributed by atoms with Gasteiger partial charge in [0.25, 0.3) is 0 Å². The summed E-state index contributed by atoms with van der Waals surface area (Å²) in [6.45, 7) is 6.82. The summed E-state index contributed by atoms with van der Waals surface area (Å²) in [7, 11) is 0. The van der Waals surface area contributed by atoms with Crippen molar-refractivity contribution in [1.29, 1.82) is 0 Å². The monoisotopic (exact) mass is 371 g/mol. The Balaban J connectivity index is 2.29. The lowest BCUT2D eigenvalue weighted by Gasteiger charge is -2.25. The Hall–Kier alpha value is -2.44. The van der Waals surface area contributed by atoms with E-state index in [-0.39, 0.29) is 11.7 Å². The standard InChI is InChI=1S/C21H26FN3O2/c1-4-23-13-19(26)20(15-8-6-5-7-9-15)25-18-12-16(22)10-11-17(18)24(14(2)3)21(25)27/h5-12,14,19-20,23,26H,4,13H2,1-3H3/t19-,20+/m1/s1. The van der Waals surface area contributed by atoms with Crippen molar-refractivity contribution in [3.8, 4) is 0 Å². The number of benzene rings is 2. The Labute approximate surface area is 158 Å². The minimum atomic E-state index is -0.848. The van der Waals surface area contributed by atoms with Crippen molar-refractivity contribution in [2.45, 2.75) is 39.0 Å². The molecule has 0 aliphatic rings. The maximum absolute atomic E-state index is 14.0. The van der Waals surface area contributed by atoms with Crippen LogP contribution in [0.15, 0.2) is 53.3 Å². The van der Waals surface area contributed by atoms with Crippen LogP contribution in [0, 0.1) is 5.82 Å². The number of aliphatic hydroxyl groups excluding tert-OH is 1. The molecule has 3 rings (SSSR count). The third kappa shape index (κ3) is 3.68. The fourth-order valence-corrected chi connectivity index (χ4v) is 3.58. The summed E-state index contributed by atoms with van der Waals surface area (Å²) < 4.78 is 17.2. The molecule has 3 aromatic rings. The van der Waals surface area contributed by atoms with Crippen molar-refractivity contribution in [2.24, 2.45) is 0 Å². The molecular weight excluding hydrogens is 345 g/mol. The SMILES string of the molecule is CCNC[C@@H](O)[C@H](c1ccccc1)n1c(=O)n(C(C)C)c2ccc(F)cc21. The number of aliphatic hydroxyl groups is 1. The minimum absolute atomic E-state index is 0.0888. The first kappa shape index (κ1) is 19.3. The first-order valence-corrected chi connectivity index (χ1v) is 9.31. The molecule has 0 unspecified atom stereocenters. The zero-order valence-electron chi connectivity index (χ0n) is 15.9. The molecule has 0 bridgehead atoms. The normalized spacial score (nSPS) is 14.0. The average molecular weight is 371 g/mol. The van der Waals surface area contributed by atoms with Gasteiger partial charge in [-0.3, -0.25) is 9.13 Å². The molecular formula is C21H26FN3O2. The summed E-state index contributed by atoms with van der Waals surface area (Å²) in [6, 6.07) is 13.0. The number of fused-ring (bicyclic) bond motifs is 1. The molecule has 2 N–H and O–H groups in total. The number of hydrogen-bond donors (Lipinski definition) is 2. The molecule has 0 fully saturated rings. The fraction of sp³-hybridized carbons (Fsp3) is 0.381. The van der Waals surface area contributed by atoms with Crippen LogP contribution in [0.25, 0.3) is 11.0 Å². The second kappa shape index (κ2) is 8.06. The molecule has 0 saturated heterocycles. The average Bonchev–Trinajstić information content (AvgIpc) is 2.93. The van der Waals surface area contributed by atoms with Gasteiger partial charge in [0, 0.05) is 12.6 Å². The highest BCUT2D eigenvalue weighted by molar-refractivity contribution is 5.76. The highest BCUT2D eigenvalue weighted by Gasteiger charge is 2.28. The highest BCUT2D eigenvalue weighted by Crippen LogP contribution is 2.27. The molecule has 0 spiro atoms. The van der Waals surface area contributed by atoms with Gasteiger partial charge in [-0.1, -0.05) is 37.3 Å². The van der Waals surface area contributed by atoms with E-state index in [1.54, 1.807) is 10.6 Å². The molecule has 144 valence electrons. The van der Waals surface area contributed by atoms with E-state index in [9.17, 15) is 14.3 Å². The van der Waals surface area contributed by atoms with Gasteiger partial charge in [0.2, 0.25) is 0 Å². The van der Waals surface area contributed by atoms with Crippen molar-refractivity contribution in [3.63, 3.8) is 0 Å². The van der Waals surface area contributed by atoms with Gasteiger partial charge in [-0.05, 0) is 44.2 Å². The van der Waals surface area contributed by atoms with Crippen LogP contribution in [-0.4, -0.2) is 33.4 Å². The van der Waals surface area contributed by atoms with Crippen molar-refractivity contribution in [1.82, 2.24) is 14.5 Å². The van der Waals surface area contributed by atoms with Gasteiger partial charge in [-0.2, -0.15) is 0 Å². The van der Waals surface area contributed by atoms with Crippen LogP contribution in [0.5, 0.6) is 0 Å². The van der Waals surface area contributed by atoms with E-state index < -0.39 is 18.0 Å². The molecule has 0 amide bonds. The minimum Gasteiger partial charge on any atom is -0.389 e. The quantitative estimate of drug-likeness (QED) is 0.671. The molecule has 1 heterocycles. The number of nitrogens with zero attached hydrogens (tertiary/aromatic N) is 2. The largest absolute Gasteiger partial charge is 0.389 e. The third-order valence-corrected chi connectivity index (χ3v) is 4.77. The lowest BCUT2D eigenvalue weighted by molar-refractivity contribution is 0.128. The lowest BCUT2D eigenvalue weighted by atomic mass is 10.0. The van der Waals surface area contributed by atoms with E-state index in [1.165, 1.54) is 16.7 Å². The summed E-state index contributed by atoms with van der Waals surface area (Å²) >= 11 is 0. The van der Waals surface area contributed by atoms with Crippen molar-refractivity contribution >= 4 is 11.0 Å². The van der Waals surface area contributed by atoms with Crippen LogP contribution in [0.4, 0.5) is 4.39 Å². The first-order chi connectivity index (χ1) is 13.0. The summed E-state index contributed by atoms with van der Waals surface area (Å²) in [5.74, 6) is -0.412. The molecule has 0 saturated carbocycles. The molecule has 0 aliphatic heterocycles. The molecule has 0 aliphatic carbocycles. The molecule has 0 radical (unpaired) electrons. The van der Waals surface area contributed by atoms with Gasteiger partial charge in [-0.15, -0.1) is 0 Å². The Morgan fingerprint density at radius 3 is 2.41 bits per heavy atom. The molecule has 1 aromatic heterocycles. The summed E-state index contributed by atoms with van der Waals surface area (Å²) in [6.07, 6.45) is -0.848. The Kier molecular flexibility index (Phi) is 5.77. The second-order valence-corrected chi connectivity index (χ2v) is 6.98. The number of nitrogens with one attached hydrogen (secondary N) is 1. The second-order valence-electron chi connectivity index (χ2n) is 6.98. The third-order valence-electron chi connectivity index (χ3n) is 4.77. The van der Waals surface area contributed by atoms with Gasteiger partial charge in [0.05, 0.1) is 23.2 Å². The zero-order valence-corrected chi connectivity index (χ0v) is 15.9. The van der Waals surface area contributed by atoms with Crippen molar-refractivity contribution in [3.05, 3.63) is 70.4 Å². The van der Waals surface area contributed by atoms with Gasteiger partial charge >= 0.3 is 5.69 Å². The summed E-state index contributed by atoms with van der Waals surface area (Å²) in [4.78, 5) is 13.3. The number of hydrogen-bond acceptors (Lipinski definition) is 3. The number of aromatic nitrogens is 2. The molecule has 2 aromatic carbocycles. The van der Waals surface area contributed by atoms with Crippen LogP contribution in [-0.2, 0) is 0 Å². The molecule has 6 heteroatoms. The Morgan fingerprint density at radius 2 is 1.78 bits per heavy atom. The molecule has 27 heavy (non-hydrogen) atoms. The van der Waals surface area contributed by atoms with E-state index in [0.717, 1.165) is 5.56 Å². The lowest BCUT2D eigenvalue weighted by Crippen LogP contribution is -2.39. The van der Waals surface area contributed by atoms with Crippen molar-refractivity contribution in [2.75, 3.05) is 13.1 Å².